The number of hydrogen-bond donors (Lipinski definition) is 0. The summed E-state index contributed by atoms with van der Waals surface area (Å²) in [5.74, 6) is -7.71. The zero-order valence-corrected chi connectivity index (χ0v) is 9.42. The smallest absolute Gasteiger partial charge is 0.207 e. The van der Waals surface area contributed by atoms with E-state index in [1.165, 1.54) is 0 Å². The molecule has 0 amide bonds. The van der Waals surface area contributed by atoms with Crippen LogP contribution in [0.4, 0.5) is 30.7 Å². The second-order valence-electron chi connectivity index (χ2n) is 3.15. The van der Waals surface area contributed by atoms with E-state index in [1.807, 2.05) is 0 Å². The molecular formula is C9H4BrF7. The summed E-state index contributed by atoms with van der Waals surface area (Å²) in [6, 6.07) is 1.36. The minimum atomic E-state index is -5.83. The van der Waals surface area contributed by atoms with Crippen molar-refractivity contribution in [2.45, 2.75) is 16.9 Å². The van der Waals surface area contributed by atoms with E-state index in [9.17, 15) is 30.7 Å². The first-order valence-corrected chi connectivity index (χ1v) is 5.02. The molecule has 1 unspecified atom stereocenters. The molecule has 0 heterocycles. The Bertz CT molecular complexity index is 412. The molecule has 0 saturated heterocycles. The van der Waals surface area contributed by atoms with Crippen LogP contribution in [0.5, 0.6) is 0 Å². The van der Waals surface area contributed by atoms with Crippen LogP contribution in [0.1, 0.15) is 10.4 Å². The third-order valence-corrected chi connectivity index (χ3v) is 3.00. The zero-order chi connectivity index (χ0) is 13.4. The maximum absolute atomic E-state index is 13.0. The summed E-state index contributed by atoms with van der Waals surface area (Å²) < 4.78 is 87.3. The van der Waals surface area contributed by atoms with Gasteiger partial charge in [-0.3, -0.25) is 0 Å². The maximum atomic E-state index is 13.0. The number of rotatable bonds is 2. The van der Waals surface area contributed by atoms with E-state index in [0.717, 1.165) is 0 Å². The predicted molar refractivity (Wildman–Crippen MR) is 49.0 cm³/mol. The quantitative estimate of drug-likeness (QED) is 0.551. The molecule has 96 valence electrons. The van der Waals surface area contributed by atoms with Crippen LogP contribution in [0.2, 0.25) is 0 Å². The van der Waals surface area contributed by atoms with Gasteiger partial charge in [-0.05, 0) is 6.07 Å². The monoisotopic (exact) mass is 324 g/mol. The summed E-state index contributed by atoms with van der Waals surface area (Å²) in [5, 5.41) is 0. The molecule has 0 radical (unpaired) electrons. The highest BCUT2D eigenvalue weighted by molar-refractivity contribution is 9.09. The van der Waals surface area contributed by atoms with Crippen LogP contribution in [-0.2, 0) is 0 Å². The molecule has 0 aliphatic rings. The minimum absolute atomic E-state index is 0.232. The second-order valence-corrected chi connectivity index (χ2v) is 4.06. The Morgan fingerprint density at radius 1 is 1.00 bits per heavy atom. The maximum Gasteiger partial charge on any atom is 0.454 e. The highest BCUT2D eigenvalue weighted by atomic mass is 79.9. The van der Waals surface area contributed by atoms with Crippen LogP contribution < -0.4 is 0 Å². The van der Waals surface area contributed by atoms with Crippen LogP contribution in [0.25, 0.3) is 0 Å². The van der Waals surface area contributed by atoms with E-state index in [1.54, 1.807) is 0 Å². The largest absolute Gasteiger partial charge is 0.454 e. The predicted octanol–water partition coefficient (Wildman–Crippen LogP) is 4.60. The Morgan fingerprint density at radius 2 is 1.53 bits per heavy atom. The minimum Gasteiger partial charge on any atom is -0.207 e. The van der Waals surface area contributed by atoms with Crippen LogP contribution in [-0.4, -0.2) is 12.1 Å². The fourth-order valence-corrected chi connectivity index (χ4v) is 1.68. The molecule has 0 aliphatic carbocycles. The van der Waals surface area contributed by atoms with Gasteiger partial charge >= 0.3 is 12.1 Å². The zero-order valence-electron chi connectivity index (χ0n) is 7.83. The Morgan fingerprint density at radius 3 is 1.94 bits per heavy atom. The van der Waals surface area contributed by atoms with E-state index >= 15 is 0 Å². The van der Waals surface area contributed by atoms with Gasteiger partial charge in [0.2, 0.25) is 0 Å². The first kappa shape index (κ1) is 14.3. The van der Waals surface area contributed by atoms with Crippen molar-refractivity contribution in [1.29, 1.82) is 0 Å². The molecule has 1 aromatic rings. The van der Waals surface area contributed by atoms with Gasteiger partial charge in [-0.25, -0.2) is 8.78 Å². The summed E-state index contributed by atoms with van der Waals surface area (Å²) in [5.41, 5.74) is -0.964. The molecule has 0 saturated carbocycles. The molecule has 0 spiro atoms. The average molecular weight is 325 g/mol. The first-order chi connectivity index (χ1) is 7.57. The van der Waals surface area contributed by atoms with Crippen LogP contribution in [0.3, 0.4) is 0 Å². The van der Waals surface area contributed by atoms with Gasteiger partial charge < -0.3 is 0 Å². The molecule has 1 atom stereocenters. The van der Waals surface area contributed by atoms with E-state index < -0.39 is 34.1 Å². The van der Waals surface area contributed by atoms with Gasteiger partial charge in [0.25, 0.3) is 0 Å². The van der Waals surface area contributed by atoms with Crippen molar-refractivity contribution in [2.75, 3.05) is 0 Å². The van der Waals surface area contributed by atoms with Gasteiger partial charge in [0.1, 0.15) is 16.5 Å². The van der Waals surface area contributed by atoms with Gasteiger partial charge in [0, 0.05) is 11.6 Å². The van der Waals surface area contributed by atoms with Crippen LogP contribution in [0, 0.1) is 11.6 Å². The normalized spacial score (nSPS) is 14.8. The molecule has 0 bridgehead atoms. The van der Waals surface area contributed by atoms with Gasteiger partial charge in [-0.15, -0.1) is 0 Å². The SMILES string of the molecule is Fc1ccc(C(Br)C(F)(F)C(F)(F)F)c(F)c1. The Hall–Kier alpha value is -0.790. The van der Waals surface area contributed by atoms with E-state index in [2.05, 4.69) is 15.9 Å². The van der Waals surface area contributed by atoms with Crippen LogP contribution in [0.15, 0.2) is 18.2 Å². The average Bonchev–Trinajstić information content (AvgIpc) is 2.14. The van der Waals surface area contributed by atoms with Crippen molar-refractivity contribution < 1.29 is 30.7 Å². The Balaban J connectivity index is 3.17. The third-order valence-electron chi connectivity index (χ3n) is 1.93. The lowest BCUT2D eigenvalue weighted by Crippen LogP contribution is -2.40. The molecule has 0 nitrogen and oxygen atoms in total. The number of halogens is 8. The Kier molecular flexibility index (Phi) is 3.75. The first-order valence-electron chi connectivity index (χ1n) is 4.11. The fraction of sp³-hybridized carbons (Fsp3) is 0.333. The van der Waals surface area contributed by atoms with Gasteiger partial charge in [-0.1, -0.05) is 22.0 Å². The van der Waals surface area contributed by atoms with Crippen molar-refractivity contribution in [2.24, 2.45) is 0 Å². The highest BCUT2D eigenvalue weighted by Gasteiger charge is 2.62. The number of benzene rings is 1. The molecule has 0 aliphatic heterocycles. The summed E-state index contributed by atoms with van der Waals surface area (Å²) >= 11 is 2.09. The molecule has 8 heteroatoms. The van der Waals surface area contributed by atoms with E-state index in [-0.39, 0.29) is 6.07 Å². The highest BCUT2D eigenvalue weighted by Crippen LogP contribution is 2.49. The molecule has 0 fully saturated rings. The fourth-order valence-electron chi connectivity index (χ4n) is 1.05. The molecule has 17 heavy (non-hydrogen) atoms. The van der Waals surface area contributed by atoms with Gasteiger partial charge in [0.05, 0.1) is 0 Å². The number of alkyl halides is 6. The molecular weight excluding hydrogens is 321 g/mol. The van der Waals surface area contributed by atoms with Crippen molar-refractivity contribution in [3.8, 4) is 0 Å². The van der Waals surface area contributed by atoms with Gasteiger partial charge in [0.15, 0.2) is 0 Å². The standard InChI is InChI=1S/C9H4BrF7/c10-7(8(13,14)9(15,16)17)5-2-1-4(11)3-6(5)12/h1-3,7H. The van der Waals surface area contributed by atoms with Gasteiger partial charge in [-0.2, -0.15) is 22.0 Å². The summed E-state index contributed by atoms with van der Waals surface area (Å²) in [6.45, 7) is 0. The lowest BCUT2D eigenvalue weighted by atomic mass is 10.1. The lowest BCUT2D eigenvalue weighted by Gasteiger charge is -2.25. The van der Waals surface area contributed by atoms with Crippen molar-refractivity contribution in [3.05, 3.63) is 35.4 Å². The number of hydrogen-bond acceptors (Lipinski definition) is 0. The molecule has 0 aromatic heterocycles. The summed E-state index contributed by atoms with van der Waals surface area (Å²) in [4.78, 5) is -2.62. The lowest BCUT2D eigenvalue weighted by molar-refractivity contribution is -0.281. The van der Waals surface area contributed by atoms with Crippen molar-refractivity contribution in [1.82, 2.24) is 0 Å². The molecule has 1 rings (SSSR count). The van der Waals surface area contributed by atoms with Crippen LogP contribution >= 0.6 is 15.9 Å². The van der Waals surface area contributed by atoms with E-state index in [4.69, 9.17) is 0 Å². The van der Waals surface area contributed by atoms with E-state index in [0.29, 0.717) is 12.1 Å². The van der Waals surface area contributed by atoms with Crippen molar-refractivity contribution >= 4 is 15.9 Å². The second kappa shape index (κ2) is 4.47. The van der Waals surface area contributed by atoms with Crippen molar-refractivity contribution in [3.63, 3.8) is 0 Å². The summed E-state index contributed by atoms with van der Waals surface area (Å²) in [6.07, 6.45) is -5.83. The molecule has 1 aromatic carbocycles. The third kappa shape index (κ3) is 2.72. The Labute approximate surface area is 99.6 Å². The topological polar surface area (TPSA) is 0 Å². The summed E-state index contributed by atoms with van der Waals surface area (Å²) in [7, 11) is 0. The molecule has 0 N–H and O–H groups in total.